The molecule has 0 aromatic heterocycles. The summed E-state index contributed by atoms with van der Waals surface area (Å²) >= 11 is 0. The van der Waals surface area contributed by atoms with Gasteiger partial charge in [-0.15, -0.1) is 0 Å². The standard InChI is InChI=1S/C9H11FN2O/c1-6-2-3-8(10)7(4-6)5-12-9(11)13/h2-4H,5H2,1H3,(H3,11,12,13). The number of hydrogen-bond donors (Lipinski definition) is 2. The molecule has 0 bridgehead atoms. The van der Waals surface area contributed by atoms with Gasteiger partial charge in [0, 0.05) is 12.1 Å². The van der Waals surface area contributed by atoms with E-state index in [1.54, 1.807) is 12.1 Å². The fourth-order valence-corrected chi connectivity index (χ4v) is 1.02. The van der Waals surface area contributed by atoms with Gasteiger partial charge in [-0.1, -0.05) is 17.7 Å². The van der Waals surface area contributed by atoms with Crippen molar-refractivity contribution in [3.05, 3.63) is 35.1 Å². The van der Waals surface area contributed by atoms with Gasteiger partial charge >= 0.3 is 6.03 Å². The van der Waals surface area contributed by atoms with Gasteiger partial charge < -0.3 is 11.1 Å². The molecule has 13 heavy (non-hydrogen) atoms. The second-order valence-corrected chi connectivity index (χ2v) is 2.81. The van der Waals surface area contributed by atoms with E-state index in [2.05, 4.69) is 5.32 Å². The maximum absolute atomic E-state index is 13.0. The van der Waals surface area contributed by atoms with Gasteiger partial charge in [0.15, 0.2) is 0 Å². The van der Waals surface area contributed by atoms with Gasteiger partial charge in [-0.05, 0) is 13.0 Å². The average molecular weight is 182 g/mol. The maximum atomic E-state index is 13.0. The number of nitrogens with two attached hydrogens (primary N) is 1. The Morgan fingerprint density at radius 1 is 1.62 bits per heavy atom. The molecule has 1 aromatic carbocycles. The molecule has 0 atom stereocenters. The van der Waals surface area contributed by atoms with Crippen LogP contribution in [0.1, 0.15) is 11.1 Å². The number of benzene rings is 1. The molecule has 0 radical (unpaired) electrons. The first kappa shape index (κ1) is 9.51. The second-order valence-electron chi connectivity index (χ2n) is 2.81. The first-order valence-electron chi connectivity index (χ1n) is 3.88. The van der Waals surface area contributed by atoms with Crippen LogP contribution in [0, 0.1) is 12.7 Å². The van der Waals surface area contributed by atoms with Gasteiger partial charge in [0.2, 0.25) is 0 Å². The van der Waals surface area contributed by atoms with Gasteiger partial charge in [-0.3, -0.25) is 0 Å². The molecule has 0 unspecified atom stereocenters. The van der Waals surface area contributed by atoms with Crippen molar-refractivity contribution in [2.45, 2.75) is 13.5 Å². The van der Waals surface area contributed by atoms with Crippen LogP contribution in [-0.4, -0.2) is 6.03 Å². The summed E-state index contributed by atoms with van der Waals surface area (Å²) in [7, 11) is 0. The predicted octanol–water partition coefficient (Wildman–Crippen LogP) is 1.30. The van der Waals surface area contributed by atoms with E-state index in [1.165, 1.54) is 6.07 Å². The van der Waals surface area contributed by atoms with Gasteiger partial charge in [-0.2, -0.15) is 0 Å². The van der Waals surface area contributed by atoms with Crippen molar-refractivity contribution in [1.82, 2.24) is 5.32 Å². The van der Waals surface area contributed by atoms with Crippen LogP contribution in [0.2, 0.25) is 0 Å². The summed E-state index contributed by atoms with van der Waals surface area (Å²) in [4.78, 5) is 10.4. The number of carbonyl (C=O) groups is 1. The Balaban J connectivity index is 2.75. The van der Waals surface area contributed by atoms with Crippen LogP contribution in [0.25, 0.3) is 0 Å². The number of amides is 2. The van der Waals surface area contributed by atoms with Gasteiger partial charge in [0.05, 0.1) is 0 Å². The Morgan fingerprint density at radius 3 is 2.92 bits per heavy atom. The van der Waals surface area contributed by atoms with E-state index in [0.717, 1.165) is 5.56 Å². The van der Waals surface area contributed by atoms with Crippen LogP contribution < -0.4 is 11.1 Å². The lowest BCUT2D eigenvalue weighted by Crippen LogP contribution is -2.28. The van der Waals surface area contributed by atoms with Gasteiger partial charge in [-0.25, -0.2) is 9.18 Å². The largest absolute Gasteiger partial charge is 0.352 e. The molecule has 0 aliphatic rings. The molecule has 0 saturated carbocycles. The third kappa shape index (κ3) is 2.74. The van der Waals surface area contributed by atoms with E-state index in [1.807, 2.05) is 6.92 Å². The summed E-state index contributed by atoms with van der Waals surface area (Å²) in [6.45, 7) is 1.98. The van der Waals surface area contributed by atoms with Crippen LogP contribution >= 0.6 is 0 Å². The Hall–Kier alpha value is -1.58. The summed E-state index contributed by atoms with van der Waals surface area (Å²) in [5.41, 5.74) is 6.25. The van der Waals surface area contributed by atoms with E-state index < -0.39 is 6.03 Å². The van der Waals surface area contributed by atoms with Gasteiger partial charge in [0.1, 0.15) is 5.82 Å². The summed E-state index contributed by atoms with van der Waals surface area (Å²) in [6, 6.07) is 4.06. The van der Waals surface area contributed by atoms with E-state index in [9.17, 15) is 9.18 Å². The van der Waals surface area contributed by atoms with Crippen molar-refractivity contribution >= 4 is 6.03 Å². The zero-order chi connectivity index (χ0) is 9.84. The molecule has 3 N–H and O–H groups in total. The molecule has 2 amide bonds. The van der Waals surface area contributed by atoms with Crippen molar-refractivity contribution in [1.29, 1.82) is 0 Å². The summed E-state index contributed by atoms with van der Waals surface area (Å²) in [5.74, 6) is -0.334. The zero-order valence-corrected chi connectivity index (χ0v) is 7.30. The third-order valence-electron chi connectivity index (χ3n) is 1.65. The number of nitrogens with one attached hydrogen (secondary N) is 1. The molecule has 70 valence electrons. The van der Waals surface area contributed by atoms with E-state index >= 15 is 0 Å². The third-order valence-corrected chi connectivity index (χ3v) is 1.65. The molecule has 0 heterocycles. The Kier molecular flexibility index (Phi) is 2.84. The monoisotopic (exact) mass is 182 g/mol. The highest BCUT2D eigenvalue weighted by molar-refractivity contribution is 5.71. The first-order chi connectivity index (χ1) is 6.09. The number of halogens is 1. The average Bonchev–Trinajstić information content (AvgIpc) is 2.06. The lowest BCUT2D eigenvalue weighted by Gasteiger charge is -2.04. The Morgan fingerprint density at radius 2 is 2.31 bits per heavy atom. The number of rotatable bonds is 2. The quantitative estimate of drug-likeness (QED) is 0.711. The summed E-state index contributed by atoms with van der Waals surface area (Å²) < 4.78 is 13.0. The molecule has 0 saturated heterocycles. The Labute approximate surface area is 75.7 Å². The van der Waals surface area contributed by atoms with Crippen LogP contribution in [0.15, 0.2) is 18.2 Å². The highest BCUT2D eigenvalue weighted by atomic mass is 19.1. The zero-order valence-electron chi connectivity index (χ0n) is 7.30. The van der Waals surface area contributed by atoms with Crippen LogP contribution in [0.3, 0.4) is 0 Å². The van der Waals surface area contributed by atoms with Crippen LogP contribution in [0.5, 0.6) is 0 Å². The summed E-state index contributed by atoms with van der Waals surface area (Å²) in [6.07, 6.45) is 0. The van der Waals surface area contributed by atoms with Crippen LogP contribution in [0.4, 0.5) is 9.18 Å². The topological polar surface area (TPSA) is 55.1 Å². The molecule has 3 nitrogen and oxygen atoms in total. The minimum absolute atomic E-state index is 0.128. The SMILES string of the molecule is Cc1ccc(F)c(CNC(N)=O)c1. The van der Waals surface area contributed by atoms with E-state index in [-0.39, 0.29) is 12.4 Å². The summed E-state index contributed by atoms with van der Waals surface area (Å²) in [5, 5.41) is 2.33. The Bertz CT molecular complexity index is 325. The first-order valence-corrected chi connectivity index (χ1v) is 3.88. The van der Waals surface area contributed by atoms with Gasteiger partial charge in [0.25, 0.3) is 0 Å². The molecule has 1 rings (SSSR count). The van der Waals surface area contributed by atoms with Crippen molar-refractivity contribution in [3.63, 3.8) is 0 Å². The fraction of sp³-hybridized carbons (Fsp3) is 0.222. The van der Waals surface area contributed by atoms with Crippen molar-refractivity contribution in [3.8, 4) is 0 Å². The molecule has 0 spiro atoms. The number of aryl methyl sites for hydroxylation is 1. The molecule has 0 aliphatic carbocycles. The van der Waals surface area contributed by atoms with Crippen LogP contribution in [-0.2, 0) is 6.54 Å². The second kappa shape index (κ2) is 3.89. The minimum atomic E-state index is -0.652. The smallest absolute Gasteiger partial charge is 0.312 e. The maximum Gasteiger partial charge on any atom is 0.312 e. The predicted molar refractivity (Wildman–Crippen MR) is 47.6 cm³/mol. The minimum Gasteiger partial charge on any atom is -0.352 e. The number of carbonyl (C=O) groups excluding carboxylic acids is 1. The number of hydrogen-bond acceptors (Lipinski definition) is 1. The fourth-order valence-electron chi connectivity index (χ4n) is 1.02. The highest BCUT2D eigenvalue weighted by Gasteiger charge is 2.02. The normalized spacial score (nSPS) is 9.69. The number of urea groups is 1. The van der Waals surface area contributed by atoms with E-state index in [0.29, 0.717) is 5.56 Å². The molecule has 0 fully saturated rings. The van der Waals surface area contributed by atoms with Crippen molar-refractivity contribution in [2.75, 3.05) is 0 Å². The lowest BCUT2D eigenvalue weighted by molar-refractivity contribution is 0.248. The molecule has 4 heteroatoms. The van der Waals surface area contributed by atoms with Crippen molar-refractivity contribution < 1.29 is 9.18 Å². The number of primary amides is 1. The van der Waals surface area contributed by atoms with E-state index in [4.69, 9.17) is 5.73 Å². The van der Waals surface area contributed by atoms with Crippen molar-refractivity contribution in [2.24, 2.45) is 5.73 Å². The molecule has 1 aromatic rings. The highest BCUT2D eigenvalue weighted by Crippen LogP contribution is 2.09. The molecular weight excluding hydrogens is 171 g/mol. The molecular formula is C9H11FN2O. The lowest BCUT2D eigenvalue weighted by atomic mass is 10.1. The molecule has 0 aliphatic heterocycles.